The molecule has 2 aromatic rings. The molecule has 3 rings (SSSR count). The summed E-state index contributed by atoms with van der Waals surface area (Å²) < 4.78 is 0. The maximum absolute atomic E-state index is 10.00. The Morgan fingerprint density at radius 3 is 2.54 bits per heavy atom. The number of nitrogens with zero attached hydrogens (tertiary/aromatic N) is 3. The summed E-state index contributed by atoms with van der Waals surface area (Å²) in [5.41, 5.74) is 2.21. The average Bonchev–Trinajstić information content (AvgIpc) is 2.62. The molecular weight excluding hydrogens is 304 g/mol. The molecule has 0 aliphatic carbocycles. The van der Waals surface area contributed by atoms with Gasteiger partial charge in [-0.2, -0.15) is 0 Å². The number of benzene rings is 1. The first kappa shape index (κ1) is 16.8. The number of aromatic nitrogens is 2. The number of hydrogen-bond acceptors (Lipinski definition) is 6. The second-order valence-electron chi connectivity index (χ2n) is 6.29. The van der Waals surface area contributed by atoms with Gasteiger partial charge in [0.15, 0.2) is 0 Å². The van der Waals surface area contributed by atoms with Gasteiger partial charge in [-0.25, -0.2) is 9.97 Å². The highest BCUT2D eigenvalue weighted by Crippen LogP contribution is 2.19. The number of likely N-dealkylation sites (tertiary alicyclic amines) is 1. The van der Waals surface area contributed by atoms with Crippen molar-refractivity contribution in [3.63, 3.8) is 0 Å². The predicted octanol–water partition coefficient (Wildman–Crippen LogP) is 1.26. The van der Waals surface area contributed by atoms with Crippen molar-refractivity contribution >= 4 is 5.95 Å². The minimum Gasteiger partial charge on any atom is -0.396 e. The van der Waals surface area contributed by atoms with E-state index in [1.54, 1.807) is 0 Å². The van der Waals surface area contributed by atoms with E-state index in [1.165, 1.54) is 5.56 Å². The quantitative estimate of drug-likeness (QED) is 0.741. The number of rotatable bonds is 6. The number of β-amino-alcohol motifs (C(OH)–C–C–N with tert-alkyl or cyclic N) is 1. The van der Waals surface area contributed by atoms with Crippen LogP contribution in [0.3, 0.4) is 0 Å². The van der Waals surface area contributed by atoms with E-state index in [0.29, 0.717) is 25.6 Å². The number of nitrogens with one attached hydrogen (secondary N) is 1. The van der Waals surface area contributed by atoms with Gasteiger partial charge in [0.2, 0.25) is 5.95 Å². The number of anilines is 1. The molecule has 1 aromatic heterocycles. The van der Waals surface area contributed by atoms with Crippen LogP contribution < -0.4 is 5.32 Å². The van der Waals surface area contributed by atoms with Crippen molar-refractivity contribution in [1.82, 2.24) is 14.9 Å². The minimum atomic E-state index is -0.462. The molecule has 2 atom stereocenters. The molecule has 1 aliphatic rings. The Kier molecular flexibility index (Phi) is 5.74. The van der Waals surface area contributed by atoms with E-state index in [0.717, 1.165) is 18.5 Å². The van der Waals surface area contributed by atoms with Crippen LogP contribution in [0, 0.1) is 5.92 Å². The van der Waals surface area contributed by atoms with Crippen LogP contribution in [0.2, 0.25) is 0 Å². The molecule has 0 saturated carbocycles. The first-order valence-corrected chi connectivity index (χ1v) is 8.34. The van der Waals surface area contributed by atoms with E-state index in [2.05, 4.69) is 32.3 Å². The largest absolute Gasteiger partial charge is 0.396 e. The Morgan fingerprint density at radius 1 is 1.12 bits per heavy atom. The van der Waals surface area contributed by atoms with Gasteiger partial charge in [-0.1, -0.05) is 30.3 Å². The van der Waals surface area contributed by atoms with E-state index >= 15 is 0 Å². The fourth-order valence-electron chi connectivity index (χ4n) is 2.97. The van der Waals surface area contributed by atoms with Gasteiger partial charge in [0.25, 0.3) is 0 Å². The summed E-state index contributed by atoms with van der Waals surface area (Å²) in [7, 11) is 0. The highest BCUT2D eigenvalue weighted by Gasteiger charge is 2.26. The second kappa shape index (κ2) is 8.19. The first-order chi connectivity index (χ1) is 11.7. The fraction of sp³-hybridized carbons (Fsp3) is 0.444. The summed E-state index contributed by atoms with van der Waals surface area (Å²) in [6, 6.07) is 10.1. The third kappa shape index (κ3) is 4.50. The molecule has 0 bridgehead atoms. The Hall–Kier alpha value is -2.02. The highest BCUT2D eigenvalue weighted by molar-refractivity contribution is 5.27. The maximum atomic E-state index is 10.00. The van der Waals surface area contributed by atoms with Gasteiger partial charge in [-0.05, 0) is 18.5 Å². The van der Waals surface area contributed by atoms with Crippen molar-refractivity contribution in [2.75, 3.05) is 25.0 Å². The van der Waals surface area contributed by atoms with Gasteiger partial charge < -0.3 is 15.5 Å². The van der Waals surface area contributed by atoms with Crippen LogP contribution in [0.15, 0.2) is 42.7 Å². The Balaban J connectivity index is 1.50. The lowest BCUT2D eigenvalue weighted by Gasteiger charge is -2.34. The zero-order valence-corrected chi connectivity index (χ0v) is 13.7. The zero-order valence-electron chi connectivity index (χ0n) is 13.7. The van der Waals surface area contributed by atoms with Crippen LogP contribution in [0.5, 0.6) is 0 Å². The van der Waals surface area contributed by atoms with Crippen molar-refractivity contribution < 1.29 is 10.2 Å². The number of aliphatic hydroxyl groups excluding tert-OH is 2. The molecule has 2 heterocycles. The predicted molar refractivity (Wildman–Crippen MR) is 92.3 cm³/mol. The Bertz CT molecular complexity index is 621. The summed E-state index contributed by atoms with van der Waals surface area (Å²) in [6.45, 7) is 2.92. The summed E-state index contributed by atoms with van der Waals surface area (Å²) >= 11 is 0. The Labute approximate surface area is 142 Å². The molecule has 0 amide bonds. The van der Waals surface area contributed by atoms with Crippen molar-refractivity contribution in [2.24, 2.45) is 5.92 Å². The van der Waals surface area contributed by atoms with Crippen molar-refractivity contribution in [2.45, 2.75) is 25.6 Å². The standard InChI is InChI=1S/C18H24N4O2/c23-13-16-6-7-22(12-17(16)24)11-15-9-20-18(21-10-15)19-8-14-4-2-1-3-5-14/h1-5,9-10,16-17,23-24H,6-8,11-13H2,(H,19,20,21)/t16-,17+/m0/s1. The van der Waals surface area contributed by atoms with Gasteiger partial charge in [0.05, 0.1) is 6.10 Å². The fourth-order valence-corrected chi connectivity index (χ4v) is 2.97. The third-order valence-corrected chi connectivity index (χ3v) is 4.44. The van der Waals surface area contributed by atoms with E-state index in [4.69, 9.17) is 0 Å². The van der Waals surface area contributed by atoms with Gasteiger partial charge in [0.1, 0.15) is 0 Å². The second-order valence-corrected chi connectivity index (χ2v) is 6.29. The lowest BCUT2D eigenvalue weighted by atomic mass is 9.94. The monoisotopic (exact) mass is 328 g/mol. The van der Waals surface area contributed by atoms with Gasteiger partial charge in [-0.15, -0.1) is 0 Å². The van der Waals surface area contributed by atoms with Crippen LogP contribution in [0.25, 0.3) is 0 Å². The molecule has 24 heavy (non-hydrogen) atoms. The summed E-state index contributed by atoms with van der Waals surface area (Å²) in [5, 5.41) is 22.4. The summed E-state index contributed by atoms with van der Waals surface area (Å²) in [5.74, 6) is 0.615. The lowest BCUT2D eigenvalue weighted by molar-refractivity contribution is -0.00449. The smallest absolute Gasteiger partial charge is 0.222 e. The molecule has 1 saturated heterocycles. The molecule has 1 aromatic carbocycles. The van der Waals surface area contributed by atoms with Crippen LogP contribution in [-0.4, -0.2) is 50.9 Å². The average molecular weight is 328 g/mol. The number of piperidine rings is 1. The van der Waals surface area contributed by atoms with Crippen molar-refractivity contribution in [3.05, 3.63) is 53.9 Å². The first-order valence-electron chi connectivity index (χ1n) is 8.34. The molecule has 0 unspecified atom stereocenters. The van der Waals surface area contributed by atoms with E-state index in [-0.39, 0.29) is 12.5 Å². The molecule has 3 N–H and O–H groups in total. The van der Waals surface area contributed by atoms with Gasteiger partial charge in [0, 0.05) is 50.1 Å². The lowest BCUT2D eigenvalue weighted by Crippen LogP contribution is -2.44. The third-order valence-electron chi connectivity index (χ3n) is 4.44. The van der Waals surface area contributed by atoms with E-state index in [1.807, 2.05) is 30.6 Å². The van der Waals surface area contributed by atoms with Crippen molar-refractivity contribution in [1.29, 1.82) is 0 Å². The van der Waals surface area contributed by atoms with Crippen LogP contribution >= 0.6 is 0 Å². The van der Waals surface area contributed by atoms with Gasteiger partial charge in [-0.3, -0.25) is 4.90 Å². The normalized spacial score (nSPS) is 21.6. The molecule has 6 heteroatoms. The Morgan fingerprint density at radius 2 is 1.88 bits per heavy atom. The van der Waals surface area contributed by atoms with Crippen LogP contribution in [-0.2, 0) is 13.1 Å². The molecule has 0 spiro atoms. The summed E-state index contributed by atoms with van der Waals surface area (Å²) in [6.07, 6.45) is 4.00. The molecule has 0 radical (unpaired) electrons. The van der Waals surface area contributed by atoms with Gasteiger partial charge >= 0.3 is 0 Å². The van der Waals surface area contributed by atoms with E-state index < -0.39 is 6.10 Å². The molecule has 6 nitrogen and oxygen atoms in total. The van der Waals surface area contributed by atoms with E-state index in [9.17, 15) is 10.2 Å². The molecular formula is C18H24N4O2. The maximum Gasteiger partial charge on any atom is 0.222 e. The molecule has 128 valence electrons. The van der Waals surface area contributed by atoms with Crippen LogP contribution in [0.1, 0.15) is 17.5 Å². The topological polar surface area (TPSA) is 81.5 Å². The SMILES string of the molecule is OC[C@@H]1CCN(Cc2cnc(NCc3ccccc3)nc2)C[C@H]1O. The summed E-state index contributed by atoms with van der Waals surface area (Å²) in [4.78, 5) is 10.9. The van der Waals surface area contributed by atoms with Crippen molar-refractivity contribution in [3.8, 4) is 0 Å². The number of hydrogen-bond donors (Lipinski definition) is 3. The zero-order chi connectivity index (χ0) is 16.8. The molecule has 1 aliphatic heterocycles. The minimum absolute atomic E-state index is 0.00191. The highest BCUT2D eigenvalue weighted by atomic mass is 16.3. The number of aliphatic hydroxyl groups is 2. The van der Waals surface area contributed by atoms with Crippen LogP contribution in [0.4, 0.5) is 5.95 Å². The molecule has 1 fully saturated rings.